The number of nitrogens with zero attached hydrogens (tertiary/aromatic N) is 2. The molecule has 134 valence electrons. The third-order valence-electron chi connectivity index (χ3n) is 4.28. The first-order valence-electron chi connectivity index (χ1n) is 8.47. The number of halogens is 1. The van der Waals surface area contributed by atoms with Gasteiger partial charge in [0.05, 0.1) is 7.11 Å². The predicted molar refractivity (Wildman–Crippen MR) is 99.1 cm³/mol. The monoisotopic (exact) mass is 352 g/mol. The lowest BCUT2D eigenvalue weighted by atomic mass is 10.1. The Labute approximate surface area is 152 Å². The molecule has 1 amide bonds. The van der Waals surface area contributed by atoms with Crippen LogP contribution in [0.15, 0.2) is 67.0 Å². The van der Waals surface area contributed by atoms with Gasteiger partial charge < -0.3 is 14.2 Å². The summed E-state index contributed by atoms with van der Waals surface area (Å²) in [5.41, 5.74) is 2.33. The van der Waals surface area contributed by atoms with Gasteiger partial charge in [0.15, 0.2) is 11.6 Å². The highest BCUT2D eigenvalue weighted by Gasteiger charge is 2.15. The van der Waals surface area contributed by atoms with Crippen molar-refractivity contribution in [2.24, 2.45) is 0 Å². The lowest BCUT2D eigenvalue weighted by Crippen LogP contribution is -2.30. The van der Waals surface area contributed by atoms with Gasteiger partial charge >= 0.3 is 0 Å². The Hall–Kier alpha value is -3.08. The highest BCUT2D eigenvalue weighted by atomic mass is 19.1. The van der Waals surface area contributed by atoms with Gasteiger partial charge in [-0.3, -0.25) is 4.79 Å². The predicted octanol–water partition coefficient (Wildman–Crippen LogP) is 4.29. The average Bonchev–Trinajstić information content (AvgIpc) is 3.20. The van der Waals surface area contributed by atoms with Gasteiger partial charge in [0.1, 0.15) is 0 Å². The Balaban J connectivity index is 1.75. The molecule has 26 heavy (non-hydrogen) atoms. The summed E-state index contributed by atoms with van der Waals surface area (Å²) in [6.07, 6.45) is 3.90. The van der Waals surface area contributed by atoms with Crippen LogP contribution in [0.3, 0.4) is 0 Å². The van der Waals surface area contributed by atoms with Crippen molar-refractivity contribution in [1.82, 2.24) is 9.47 Å². The van der Waals surface area contributed by atoms with Crippen LogP contribution in [0.2, 0.25) is 0 Å². The van der Waals surface area contributed by atoms with E-state index in [2.05, 4.69) is 0 Å². The van der Waals surface area contributed by atoms with Crippen LogP contribution >= 0.6 is 0 Å². The molecule has 2 aromatic carbocycles. The van der Waals surface area contributed by atoms with Gasteiger partial charge in [-0.2, -0.15) is 0 Å². The van der Waals surface area contributed by atoms with Crippen molar-refractivity contribution in [3.63, 3.8) is 0 Å². The minimum absolute atomic E-state index is 0.0808. The Bertz CT molecular complexity index is 874. The largest absolute Gasteiger partial charge is 0.494 e. The van der Waals surface area contributed by atoms with E-state index in [0.717, 1.165) is 11.3 Å². The molecular formula is C21H21FN2O2. The quantitative estimate of drug-likeness (QED) is 0.663. The number of methoxy groups -OCH3 is 1. The summed E-state index contributed by atoms with van der Waals surface area (Å²) in [4.78, 5) is 14.5. The lowest BCUT2D eigenvalue weighted by Gasteiger charge is -2.21. The van der Waals surface area contributed by atoms with E-state index in [1.807, 2.05) is 60.3 Å². The lowest BCUT2D eigenvalue weighted by molar-refractivity contribution is 0.0752. The molecule has 0 N–H and O–H groups in total. The molecule has 0 aliphatic rings. The van der Waals surface area contributed by atoms with Crippen LogP contribution in [-0.2, 0) is 6.54 Å². The summed E-state index contributed by atoms with van der Waals surface area (Å²) < 4.78 is 20.8. The van der Waals surface area contributed by atoms with Crippen molar-refractivity contribution in [2.75, 3.05) is 13.7 Å². The van der Waals surface area contributed by atoms with E-state index in [0.29, 0.717) is 18.7 Å². The van der Waals surface area contributed by atoms with E-state index in [4.69, 9.17) is 4.74 Å². The van der Waals surface area contributed by atoms with Crippen molar-refractivity contribution in [3.8, 4) is 11.4 Å². The molecule has 1 heterocycles. The average molecular weight is 352 g/mol. The number of carbonyl (C=O) groups excluding carboxylic acids is 1. The first-order valence-corrected chi connectivity index (χ1v) is 8.47. The van der Waals surface area contributed by atoms with E-state index in [1.165, 1.54) is 13.2 Å². The van der Waals surface area contributed by atoms with E-state index in [-0.39, 0.29) is 11.7 Å². The smallest absolute Gasteiger partial charge is 0.254 e. The van der Waals surface area contributed by atoms with Gasteiger partial charge in [-0.25, -0.2) is 4.39 Å². The zero-order chi connectivity index (χ0) is 18.5. The van der Waals surface area contributed by atoms with Gasteiger partial charge in [-0.05, 0) is 61.0 Å². The Morgan fingerprint density at radius 3 is 2.38 bits per heavy atom. The van der Waals surface area contributed by atoms with Crippen molar-refractivity contribution >= 4 is 5.91 Å². The molecule has 0 bridgehead atoms. The molecule has 0 fully saturated rings. The molecule has 3 aromatic rings. The van der Waals surface area contributed by atoms with Crippen LogP contribution in [0, 0.1) is 5.82 Å². The number of aromatic nitrogens is 1. The maximum absolute atomic E-state index is 13.9. The van der Waals surface area contributed by atoms with Crippen molar-refractivity contribution in [2.45, 2.75) is 13.5 Å². The number of benzene rings is 2. The highest BCUT2D eigenvalue weighted by molar-refractivity contribution is 5.94. The summed E-state index contributed by atoms with van der Waals surface area (Å²) in [5, 5.41) is 0. The minimum Gasteiger partial charge on any atom is -0.494 e. The molecule has 5 heteroatoms. The molecular weight excluding hydrogens is 331 g/mol. The number of amides is 1. The zero-order valence-corrected chi connectivity index (χ0v) is 14.9. The van der Waals surface area contributed by atoms with Gasteiger partial charge in [-0.1, -0.05) is 6.07 Å². The molecule has 4 nitrogen and oxygen atoms in total. The van der Waals surface area contributed by atoms with E-state index < -0.39 is 5.82 Å². The van der Waals surface area contributed by atoms with Crippen molar-refractivity contribution < 1.29 is 13.9 Å². The Morgan fingerprint density at radius 1 is 1.12 bits per heavy atom. The third-order valence-corrected chi connectivity index (χ3v) is 4.28. The van der Waals surface area contributed by atoms with Crippen LogP contribution in [-0.4, -0.2) is 29.0 Å². The third kappa shape index (κ3) is 3.77. The van der Waals surface area contributed by atoms with Crippen molar-refractivity contribution in [3.05, 3.63) is 83.9 Å². The molecule has 0 atom stereocenters. The fourth-order valence-electron chi connectivity index (χ4n) is 2.82. The van der Waals surface area contributed by atoms with Crippen LogP contribution in [0.1, 0.15) is 22.8 Å². The minimum atomic E-state index is -0.426. The highest BCUT2D eigenvalue weighted by Crippen LogP contribution is 2.19. The second-order valence-corrected chi connectivity index (χ2v) is 5.93. The van der Waals surface area contributed by atoms with Crippen LogP contribution < -0.4 is 4.74 Å². The van der Waals surface area contributed by atoms with Gasteiger partial charge in [0, 0.05) is 36.7 Å². The normalized spacial score (nSPS) is 10.6. The van der Waals surface area contributed by atoms with E-state index in [1.54, 1.807) is 17.0 Å². The Kier molecular flexibility index (Phi) is 5.37. The number of hydrogen-bond donors (Lipinski definition) is 0. The molecule has 0 saturated heterocycles. The standard InChI is InChI=1S/C21H21FN2O2/c1-3-23(15-16-6-11-20(26-2)19(22)14-16)21(25)17-7-9-18(10-8-17)24-12-4-5-13-24/h4-14H,3,15H2,1-2H3. The Morgan fingerprint density at radius 2 is 1.81 bits per heavy atom. The number of rotatable bonds is 6. The topological polar surface area (TPSA) is 34.5 Å². The van der Waals surface area contributed by atoms with Crippen LogP contribution in [0.25, 0.3) is 5.69 Å². The molecule has 0 saturated carbocycles. The summed E-state index contributed by atoms with van der Waals surface area (Å²) in [5.74, 6) is -0.309. The van der Waals surface area contributed by atoms with Crippen LogP contribution in [0.4, 0.5) is 4.39 Å². The molecule has 0 spiro atoms. The number of carbonyl (C=O) groups is 1. The molecule has 0 unspecified atom stereocenters. The summed E-state index contributed by atoms with van der Waals surface area (Å²) >= 11 is 0. The summed E-state index contributed by atoms with van der Waals surface area (Å²) in [7, 11) is 1.43. The summed E-state index contributed by atoms with van der Waals surface area (Å²) in [6, 6.07) is 16.1. The molecule has 0 aliphatic carbocycles. The maximum atomic E-state index is 13.9. The summed E-state index contributed by atoms with van der Waals surface area (Å²) in [6.45, 7) is 2.79. The second kappa shape index (κ2) is 7.87. The molecule has 1 aromatic heterocycles. The first kappa shape index (κ1) is 17.7. The second-order valence-electron chi connectivity index (χ2n) is 5.93. The van der Waals surface area contributed by atoms with Crippen LogP contribution in [0.5, 0.6) is 5.75 Å². The van der Waals surface area contributed by atoms with Gasteiger partial charge in [-0.15, -0.1) is 0 Å². The number of ether oxygens (including phenoxy) is 1. The van der Waals surface area contributed by atoms with Gasteiger partial charge in [0.2, 0.25) is 0 Å². The van der Waals surface area contributed by atoms with E-state index >= 15 is 0 Å². The molecule has 0 aliphatic heterocycles. The maximum Gasteiger partial charge on any atom is 0.254 e. The molecule has 0 radical (unpaired) electrons. The zero-order valence-electron chi connectivity index (χ0n) is 14.9. The SMILES string of the molecule is CCN(Cc1ccc(OC)c(F)c1)C(=O)c1ccc(-n2cccc2)cc1. The first-order chi connectivity index (χ1) is 12.6. The molecule has 3 rings (SSSR count). The number of hydrogen-bond acceptors (Lipinski definition) is 2. The fraction of sp³-hybridized carbons (Fsp3) is 0.190. The van der Waals surface area contributed by atoms with Gasteiger partial charge in [0.25, 0.3) is 5.91 Å². The fourth-order valence-corrected chi connectivity index (χ4v) is 2.82. The van der Waals surface area contributed by atoms with Crippen molar-refractivity contribution in [1.29, 1.82) is 0 Å². The van der Waals surface area contributed by atoms with E-state index in [9.17, 15) is 9.18 Å².